The molecule has 10 bridgehead atoms. The number of ether oxygens (including phenoxy) is 4. The summed E-state index contributed by atoms with van der Waals surface area (Å²) in [6.45, 7) is 31.6. The number of amides is 2. The second-order valence-electron chi connectivity index (χ2n) is 31.3. The summed E-state index contributed by atoms with van der Waals surface area (Å²) in [5, 5.41) is 131. The maximum Gasteiger partial charge on any atom is 0.312 e. The van der Waals surface area contributed by atoms with Gasteiger partial charge in [-0.15, -0.1) is 0 Å². The molecule has 8 aliphatic heterocycles. The minimum atomic E-state index is -2.00. The maximum absolute atomic E-state index is 14.5. The van der Waals surface area contributed by atoms with E-state index in [1.807, 2.05) is 41.8 Å². The van der Waals surface area contributed by atoms with E-state index < -0.39 is 159 Å². The van der Waals surface area contributed by atoms with Crippen LogP contribution >= 0.6 is 0 Å². The first-order valence-corrected chi connectivity index (χ1v) is 37.6. The molecule has 9 aliphatic rings. The lowest BCUT2D eigenvalue weighted by atomic mass is 9.77. The Morgan fingerprint density at radius 1 is 0.445 bits per heavy atom. The number of anilines is 1. The van der Waals surface area contributed by atoms with Crippen LogP contribution < -0.4 is 20.1 Å². The molecule has 8 heterocycles. The van der Waals surface area contributed by atoms with Gasteiger partial charge in [0.2, 0.25) is 5.78 Å². The van der Waals surface area contributed by atoms with E-state index in [0.29, 0.717) is 39.3 Å². The number of rotatable bonds is 4. The fourth-order valence-corrected chi connectivity index (χ4v) is 14.8. The first-order chi connectivity index (χ1) is 51.6. The molecule has 0 saturated carbocycles. The number of aliphatic hydroxyl groups is 6. The molecular formula is C82H110N8O20. The summed E-state index contributed by atoms with van der Waals surface area (Å²) < 4.78 is 24.0. The number of fused-ring (bicyclic) bond motifs is 28. The Hall–Kier alpha value is -9.26. The van der Waals surface area contributed by atoms with Crippen molar-refractivity contribution in [2.45, 2.75) is 159 Å². The largest absolute Gasteiger partial charge is 0.507 e. The predicted octanol–water partition coefficient (Wildman–Crippen LogP) is 7.67. The number of hydrazone groups is 2. The number of benzene rings is 3. The highest BCUT2D eigenvalue weighted by atomic mass is 16.7. The van der Waals surface area contributed by atoms with Crippen LogP contribution in [0.3, 0.4) is 0 Å². The van der Waals surface area contributed by atoms with Gasteiger partial charge >= 0.3 is 11.6 Å². The molecule has 3 aromatic rings. The normalized spacial score (nSPS) is 34.3. The van der Waals surface area contributed by atoms with Gasteiger partial charge in [0.15, 0.2) is 11.5 Å². The lowest BCUT2D eigenvalue weighted by molar-refractivity contribution is -0.116. The summed E-state index contributed by atoms with van der Waals surface area (Å²) >= 11 is 0. The Morgan fingerprint density at radius 3 is 1.31 bits per heavy atom. The quantitative estimate of drug-likeness (QED) is 0.0677. The van der Waals surface area contributed by atoms with Gasteiger partial charge in [-0.25, -0.2) is 0 Å². The summed E-state index contributed by atoms with van der Waals surface area (Å²) in [6.07, 6.45) is 11.8. The van der Waals surface area contributed by atoms with E-state index in [4.69, 9.17) is 18.9 Å². The maximum atomic E-state index is 14.5. The first-order valence-electron chi connectivity index (χ1n) is 37.6. The third-order valence-corrected chi connectivity index (χ3v) is 23.5. The van der Waals surface area contributed by atoms with Gasteiger partial charge in [0.05, 0.1) is 106 Å². The van der Waals surface area contributed by atoms with E-state index in [0.717, 1.165) is 13.1 Å². The van der Waals surface area contributed by atoms with Crippen LogP contribution in [0.5, 0.6) is 34.5 Å². The van der Waals surface area contributed by atoms with Crippen LogP contribution in [-0.2, 0) is 19.1 Å². The van der Waals surface area contributed by atoms with Crippen LogP contribution in [-0.4, -0.2) is 233 Å². The lowest BCUT2D eigenvalue weighted by Crippen LogP contribution is -2.43. The van der Waals surface area contributed by atoms with Gasteiger partial charge in [-0.2, -0.15) is 10.2 Å². The molecule has 2 fully saturated rings. The summed E-state index contributed by atoms with van der Waals surface area (Å²) in [5.74, 6) is -15.7. The van der Waals surface area contributed by atoms with E-state index in [1.165, 1.54) is 78.6 Å². The average molecular weight is 1530 g/mol. The molecule has 3 aromatic carbocycles. The number of hydrogen-bond acceptors (Lipinski definition) is 26. The topological polar surface area (TPSA) is 403 Å². The smallest absolute Gasteiger partial charge is 0.312 e. The van der Waals surface area contributed by atoms with Crippen molar-refractivity contribution >= 4 is 63.8 Å². The van der Waals surface area contributed by atoms with Crippen LogP contribution in [0, 0.1) is 73.0 Å². The van der Waals surface area contributed by atoms with Crippen LogP contribution in [0.15, 0.2) is 93.8 Å². The van der Waals surface area contributed by atoms with E-state index in [-0.39, 0.29) is 95.8 Å². The third-order valence-electron chi connectivity index (χ3n) is 23.5. The predicted molar refractivity (Wildman–Crippen MR) is 414 cm³/mol. The van der Waals surface area contributed by atoms with Crippen molar-refractivity contribution in [1.82, 2.24) is 25.1 Å². The van der Waals surface area contributed by atoms with Gasteiger partial charge in [0.1, 0.15) is 34.4 Å². The summed E-state index contributed by atoms with van der Waals surface area (Å²) in [6, 6.07) is 0. The molecule has 110 heavy (non-hydrogen) atoms. The number of nitrogens with one attached hydrogen (secondary N) is 2. The third kappa shape index (κ3) is 16.8. The van der Waals surface area contributed by atoms with Crippen molar-refractivity contribution in [1.29, 1.82) is 0 Å². The molecule has 2 saturated heterocycles. The number of nitrogens with zero attached hydrogens (tertiary/aromatic N) is 6. The van der Waals surface area contributed by atoms with Gasteiger partial charge in [0, 0.05) is 129 Å². The zero-order valence-corrected chi connectivity index (χ0v) is 66.1. The number of allylic oxidation sites excluding steroid dienone is 8. The van der Waals surface area contributed by atoms with E-state index in [1.54, 1.807) is 88.0 Å². The van der Waals surface area contributed by atoms with Crippen molar-refractivity contribution in [3.05, 3.63) is 122 Å². The first kappa shape index (κ1) is 84.8. The van der Waals surface area contributed by atoms with E-state index in [2.05, 4.69) is 30.6 Å². The molecule has 0 spiro atoms. The van der Waals surface area contributed by atoms with Crippen molar-refractivity contribution in [2.24, 2.45) is 69.4 Å². The fraction of sp³-hybridized carbons (Fsp3) is 0.537. The van der Waals surface area contributed by atoms with Crippen LogP contribution in [0.25, 0.3) is 10.8 Å². The van der Waals surface area contributed by atoms with Crippen molar-refractivity contribution < 1.29 is 98.8 Å². The second kappa shape index (κ2) is 34.2. The SMILES string of the molecule is C/C1=C/C=C/[C@H](C)[C@H](O)[C@@H](C)[C@@H](O)[C@@H](C)[C@H](O)[C@H](C)[C@@H](C)/C=C/O[C@@]2(C)Oc3c(C)c(O)c4c(O)c(c(/C=N/N5CCN(C)CC5)c(O)c4c3C2=O)NC1=O.C/C1=C/C=C/[C@H](C)[C@H](O)[C@@H](C)[C@@H](O)[C@@H](C)[C@H](O)[C@H](C)[C@@H](C)/C=C/O[C@@]2(C)Oc3c(C)c(O)c4c(c3C2=O)C(=O)C(/C=N/N2CCN(C)CC2)=C(NC1=O)C4=O. The molecule has 0 radical (unpaired) electrons. The number of aliphatic hydroxyl groups excluding tert-OH is 6. The van der Waals surface area contributed by atoms with Gasteiger partial charge in [0.25, 0.3) is 23.4 Å². The van der Waals surface area contributed by atoms with E-state index in [9.17, 15) is 79.8 Å². The highest BCUT2D eigenvalue weighted by molar-refractivity contribution is 6.38. The van der Waals surface area contributed by atoms with Crippen molar-refractivity contribution in [3.63, 3.8) is 0 Å². The van der Waals surface area contributed by atoms with Crippen molar-refractivity contribution in [2.75, 3.05) is 71.8 Å². The molecule has 2 amide bonds. The monoisotopic (exact) mass is 1530 g/mol. The van der Waals surface area contributed by atoms with Gasteiger partial charge < -0.3 is 90.4 Å². The van der Waals surface area contributed by atoms with Crippen LogP contribution in [0.1, 0.15) is 155 Å². The molecule has 1 aliphatic carbocycles. The number of piperazine rings is 2. The molecule has 28 nitrogen and oxygen atoms in total. The number of Topliss-reactive ketones (excluding diaryl/α,β-unsaturated/α-hetero) is 4. The number of likely N-dealkylation sites (N-methyl/N-ethyl adjacent to an activating group) is 2. The molecule has 12 N–H and O–H groups in total. The van der Waals surface area contributed by atoms with Crippen molar-refractivity contribution in [3.8, 4) is 34.5 Å². The average Bonchev–Trinajstić information content (AvgIpc) is 1.44. The molecular weight excluding hydrogens is 1420 g/mol. The van der Waals surface area contributed by atoms with Gasteiger partial charge in [-0.1, -0.05) is 106 Å². The Bertz CT molecular complexity index is 4370. The molecule has 28 heteroatoms. The number of carbonyl (C=O) groups excluding carboxylic acids is 6. The number of aromatic hydroxyl groups is 4. The van der Waals surface area contributed by atoms with Gasteiger partial charge in [-0.3, -0.25) is 38.8 Å². The number of ketones is 4. The number of carbonyl (C=O) groups is 6. The van der Waals surface area contributed by atoms with Gasteiger partial charge in [-0.05, 0) is 77.6 Å². The highest BCUT2D eigenvalue weighted by Crippen LogP contribution is 2.56. The Balaban J connectivity index is 0.000000253. The minimum absolute atomic E-state index is 0.0229. The number of phenolic OH excluding ortho intramolecular Hbond substituents is 4. The summed E-state index contributed by atoms with van der Waals surface area (Å²) in [7, 11) is 3.97. The minimum Gasteiger partial charge on any atom is -0.507 e. The zero-order chi connectivity index (χ0) is 81.4. The Labute approximate surface area is 642 Å². The zero-order valence-electron chi connectivity index (χ0n) is 66.1. The molecule has 12 rings (SSSR count). The Kier molecular flexibility index (Phi) is 26.3. The number of hydrogen-bond donors (Lipinski definition) is 12. The number of phenols is 4. The van der Waals surface area contributed by atoms with Crippen LogP contribution in [0.2, 0.25) is 0 Å². The Morgan fingerprint density at radius 2 is 0.845 bits per heavy atom. The highest BCUT2D eigenvalue weighted by Gasteiger charge is 2.54. The molecule has 18 atom stereocenters. The standard InChI is InChI=1S/C41H56N4O10.C41H54N4O10/c2*1-20-13-18-54-41(8)39(52)30-28-29(35(49)26(7)38(30)55-41)37(51)31(27(36(28)50)19-42-45-16-14-44(9)15-17-45)43-40(53)22(3)12-10-11-21(2)32(46)24(5)34(48)25(6)33(47)23(20)4/h10-13,18-21,23-25,32-34,46-51H,14-17H2,1-9H3,(H,43,53);10-13,18-21,23-25,32-34,46-49H,14-17H2,1-9H3,(H,43,53)/b2*11-10+,18-13+,22-12-,42-19+/t2*20-,21-,23+,24+,25-,32-,33+,34+,41-/m00/s1. The summed E-state index contributed by atoms with van der Waals surface area (Å²) in [4.78, 5) is 88.9. The van der Waals surface area contributed by atoms with Crippen LogP contribution in [0.4, 0.5) is 5.69 Å². The molecule has 0 unspecified atom stereocenters. The summed E-state index contributed by atoms with van der Waals surface area (Å²) in [5.41, 5.74) is -1.81. The fourth-order valence-electron chi connectivity index (χ4n) is 14.8. The molecule has 598 valence electrons. The van der Waals surface area contributed by atoms with E-state index >= 15 is 0 Å². The lowest BCUT2D eigenvalue weighted by Gasteiger charge is -2.35. The molecule has 0 aromatic heterocycles. The second-order valence-corrected chi connectivity index (χ2v) is 31.3.